The molecular formula is C15H23NO. The van der Waals surface area contributed by atoms with Crippen molar-refractivity contribution in [2.75, 3.05) is 0 Å². The lowest BCUT2D eigenvalue weighted by Gasteiger charge is -2.33. The highest BCUT2D eigenvalue weighted by molar-refractivity contribution is 5.33. The number of rotatable bonds is 2. The second-order valence-corrected chi connectivity index (χ2v) is 6.36. The van der Waals surface area contributed by atoms with Gasteiger partial charge in [-0.3, -0.25) is 0 Å². The van der Waals surface area contributed by atoms with Crippen LogP contribution in [0, 0.1) is 12.8 Å². The van der Waals surface area contributed by atoms with Gasteiger partial charge in [-0.2, -0.15) is 0 Å². The van der Waals surface area contributed by atoms with Gasteiger partial charge in [0.25, 0.3) is 0 Å². The van der Waals surface area contributed by atoms with Gasteiger partial charge in [-0.15, -0.1) is 0 Å². The zero-order valence-electron chi connectivity index (χ0n) is 11.2. The highest BCUT2D eigenvalue weighted by atomic mass is 16.3. The highest BCUT2D eigenvalue weighted by Gasteiger charge is 2.41. The average Bonchev–Trinajstić information content (AvgIpc) is 3.03. The quantitative estimate of drug-likeness (QED) is 0.833. The lowest BCUT2D eigenvalue weighted by Crippen LogP contribution is -2.32. The summed E-state index contributed by atoms with van der Waals surface area (Å²) in [5, 5.41) is 10.1. The van der Waals surface area contributed by atoms with E-state index in [-0.39, 0.29) is 11.6 Å². The molecule has 0 spiro atoms. The number of hydrogen-bond donors (Lipinski definition) is 1. The first-order valence-electron chi connectivity index (χ1n) is 6.91. The minimum Gasteiger partial charge on any atom is -0.388 e. The van der Waals surface area contributed by atoms with E-state index in [9.17, 15) is 5.11 Å². The van der Waals surface area contributed by atoms with Crippen LogP contribution < -0.4 is 0 Å². The molecule has 0 aromatic carbocycles. The van der Waals surface area contributed by atoms with Crippen LogP contribution in [0.5, 0.6) is 0 Å². The monoisotopic (exact) mass is 233 g/mol. The number of aryl methyl sites for hydroxylation is 1. The van der Waals surface area contributed by atoms with Gasteiger partial charge in [0.05, 0.1) is 6.10 Å². The lowest BCUT2D eigenvalue weighted by molar-refractivity contribution is 0.153. The van der Waals surface area contributed by atoms with E-state index >= 15 is 0 Å². The summed E-state index contributed by atoms with van der Waals surface area (Å²) >= 11 is 0. The number of aliphatic hydroxyl groups is 1. The van der Waals surface area contributed by atoms with Gasteiger partial charge in [0.15, 0.2) is 0 Å². The van der Waals surface area contributed by atoms with Crippen LogP contribution in [0.3, 0.4) is 0 Å². The molecule has 1 aromatic heterocycles. The molecule has 17 heavy (non-hydrogen) atoms. The fourth-order valence-corrected chi connectivity index (χ4v) is 3.65. The van der Waals surface area contributed by atoms with E-state index in [4.69, 9.17) is 0 Å². The molecule has 0 radical (unpaired) electrons. The van der Waals surface area contributed by atoms with Crippen molar-refractivity contribution in [2.45, 2.75) is 64.5 Å². The predicted molar refractivity (Wildman–Crippen MR) is 69.1 cm³/mol. The van der Waals surface area contributed by atoms with Crippen molar-refractivity contribution >= 4 is 0 Å². The molecule has 94 valence electrons. The molecule has 1 aromatic rings. The molecule has 0 bridgehead atoms. The fourth-order valence-electron chi connectivity index (χ4n) is 3.65. The molecule has 2 heteroatoms. The summed E-state index contributed by atoms with van der Waals surface area (Å²) in [6.07, 6.45) is 5.69. The molecule has 1 fully saturated rings. The van der Waals surface area contributed by atoms with E-state index in [2.05, 4.69) is 31.4 Å². The van der Waals surface area contributed by atoms with Gasteiger partial charge in [0, 0.05) is 22.5 Å². The smallest absolute Gasteiger partial charge is 0.0807 e. The van der Waals surface area contributed by atoms with Crippen molar-refractivity contribution in [3.05, 3.63) is 23.0 Å². The van der Waals surface area contributed by atoms with Crippen molar-refractivity contribution < 1.29 is 5.11 Å². The normalized spacial score (nSPS) is 24.8. The van der Waals surface area contributed by atoms with E-state index < -0.39 is 0 Å². The SMILES string of the molecule is Cc1cc2c(n1C(C)(C)C1CC1)CCCC2O. The Labute approximate surface area is 104 Å². The fraction of sp³-hybridized carbons (Fsp3) is 0.733. The molecule has 1 saturated carbocycles. The maximum Gasteiger partial charge on any atom is 0.0807 e. The van der Waals surface area contributed by atoms with Gasteiger partial charge in [0.1, 0.15) is 0 Å². The van der Waals surface area contributed by atoms with E-state index in [1.807, 2.05) is 0 Å². The van der Waals surface area contributed by atoms with Gasteiger partial charge >= 0.3 is 0 Å². The van der Waals surface area contributed by atoms with Crippen LogP contribution in [0.4, 0.5) is 0 Å². The molecule has 0 saturated heterocycles. The largest absolute Gasteiger partial charge is 0.388 e. The van der Waals surface area contributed by atoms with Gasteiger partial charge in [-0.1, -0.05) is 0 Å². The summed E-state index contributed by atoms with van der Waals surface area (Å²) < 4.78 is 2.52. The molecule has 1 N–H and O–H groups in total. The third-order valence-corrected chi connectivity index (χ3v) is 4.72. The molecular weight excluding hydrogens is 210 g/mol. The van der Waals surface area contributed by atoms with Gasteiger partial charge in [0.2, 0.25) is 0 Å². The first kappa shape index (κ1) is 11.3. The van der Waals surface area contributed by atoms with Crippen LogP contribution >= 0.6 is 0 Å². The third kappa shape index (κ3) is 1.65. The topological polar surface area (TPSA) is 25.2 Å². The van der Waals surface area contributed by atoms with Crippen molar-refractivity contribution in [1.82, 2.24) is 4.57 Å². The number of fused-ring (bicyclic) bond motifs is 1. The number of aliphatic hydroxyl groups excluding tert-OH is 1. The van der Waals surface area contributed by atoms with Gasteiger partial charge in [-0.25, -0.2) is 0 Å². The van der Waals surface area contributed by atoms with Crippen LogP contribution in [0.2, 0.25) is 0 Å². The van der Waals surface area contributed by atoms with Crippen molar-refractivity contribution in [3.63, 3.8) is 0 Å². The second-order valence-electron chi connectivity index (χ2n) is 6.36. The van der Waals surface area contributed by atoms with Crippen LogP contribution in [0.25, 0.3) is 0 Å². The Kier molecular flexibility index (Phi) is 2.41. The van der Waals surface area contributed by atoms with Crippen LogP contribution in [-0.4, -0.2) is 9.67 Å². The zero-order chi connectivity index (χ0) is 12.2. The summed E-state index contributed by atoms with van der Waals surface area (Å²) in [5.41, 5.74) is 4.16. The first-order chi connectivity index (χ1) is 8.01. The number of aromatic nitrogens is 1. The van der Waals surface area contributed by atoms with Crippen molar-refractivity contribution in [3.8, 4) is 0 Å². The molecule has 1 unspecified atom stereocenters. The standard InChI is InChI=1S/C15H23NO/c1-10-9-12-13(5-4-6-14(12)17)16(10)15(2,3)11-7-8-11/h9,11,14,17H,4-8H2,1-3H3. The zero-order valence-corrected chi connectivity index (χ0v) is 11.2. The summed E-state index contributed by atoms with van der Waals surface area (Å²) in [7, 11) is 0. The number of hydrogen-bond acceptors (Lipinski definition) is 1. The van der Waals surface area contributed by atoms with Crippen LogP contribution in [0.15, 0.2) is 6.07 Å². The molecule has 1 heterocycles. The predicted octanol–water partition coefficient (Wildman–Crippen LogP) is 3.31. The van der Waals surface area contributed by atoms with E-state index in [0.29, 0.717) is 0 Å². The molecule has 3 rings (SSSR count). The number of nitrogens with zero attached hydrogens (tertiary/aromatic N) is 1. The summed E-state index contributed by atoms with van der Waals surface area (Å²) in [6, 6.07) is 2.21. The Hall–Kier alpha value is -0.760. The minimum atomic E-state index is -0.228. The van der Waals surface area contributed by atoms with Gasteiger partial charge < -0.3 is 9.67 Å². The summed E-state index contributed by atoms with van der Waals surface area (Å²) in [5.74, 6) is 0.830. The maximum absolute atomic E-state index is 10.1. The average molecular weight is 233 g/mol. The Morgan fingerprint density at radius 1 is 1.29 bits per heavy atom. The molecule has 1 atom stereocenters. The molecule has 2 aliphatic carbocycles. The second kappa shape index (κ2) is 3.61. The third-order valence-electron chi connectivity index (χ3n) is 4.72. The molecule has 0 aliphatic heterocycles. The van der Waals surface area contributed by atoms with Crippen LogP contribution in [0.1, 0.15) is 62.6 Å². The minimum absolute atomic E-state index is 0.228. The Bertz CT molecular complexity index is 440. The Morgan fingerprint density at radius 2 is 2.00 bits per heavy atom. The maximum atomic E-state index is 10.1. The summed E-state index contributed by atoms with van der Waals surface area (Å²) in [6.45, 7) is 6.91. The Morgan fingerprint density at radius 3 is 2.65 bits per heavy atom. The molecule has 2 aliphatic rings. The van der Waals surface area contributed by atoms with E-state index in [1.165, 1.54) is 29.8 Å². The Balaban J connectivity index is 2.10. The van der Waals surface area contributed by atoms with Crippen molar-refractivity contribution in [2.24, 2.45) is 5.92 Å². The van der Waals surface area contributed by atoms with E-state index in [1.54, 1.807) is 0 Å². The summed E-state index contributed by atoms with van der Waals surface area (Å²) in [4.78, 5) is 0. The van der Waals surface area contributed by atoms with E-state index in [0.717, 1.165) is 25.2 Å². The van der Waals surface area contributed by atoms with Gasteiger partial charge in [-0.05, 0) is 64.9 Å². The molecule has 0 amide bonds. The lowest BCUT2D eigenvalue weighted by atomic mass is 9.92. The molecule has 2 nitrogen and oxygen atoms in total. The van der Waals surface area contributed by atoms with Crippen molar-refractivity contribution in [1.29, 1.82) is 0 Å². The highest BCUT2D eigenvalue weighted by Crippen LogP contribution is 2.47. The van der Waals surface area contributed by atoms with Crippen LogP contribution in [-0.2, 0) is 12.0 Å². The first-order valence-corrected chi connectivity index (χ1v) is 6.91.